The lowest BCUT2D eigenvalue weighted by Gasteiger charge is -2.03. The number of oxazole rings is 1. The predicted molar refractivity (Wildman–Crippen MR) is 64.1 cm³/mol. The Labute approximate surface area is 102 Å². The summed E-state index contributed by atoms with van der Waals surface area (Å²) in [5.74, 6) is 3.05. The maximum Gasteiger partial charge on any atom is 0.194 e. The third-order valence-corrected chi connectivity index (χ3v) is 3.82. The fourth-order valence-electron chi connectivity index (χ4n) is 2.82. The van der Waals surface area contributed by atoms with Crippen LogP contribution in [0.4, 0.5) is 0 Å². The second kappa shape index (κ2) is 4.78. The molecule has 0 aromatic carbocycles. The first-order valence-electron chi connectivity index (χ1n) is 6.57. The molecule has 2 aliphatic heterocycles. The van der Waals surface area contributed by atoms with Gasteiger partial charge in [0.25, 0.3) is 0 Å². The van der Waals surface area contributed by atoms with E-state index in [4.69, 9.17) is 9.15 Å². The summed E-state index contributed by atoms with van der Waals surface area (Å²) in [4.78, 5) is 4.68. The Kier molecular flexibility index (Phi) is 3.16. The van der Waals surface area contributed by atoms with Gasteiger partial charge < -0.3 is 14.5 Å². The summed E-state index contributed by atoms with van der Waals surface area (Å²) in [6.07, 6.45) is 3.29. The van der Waals surface area contributed by atoms with E-state index in [0.29, 0.717) is 11.8 Å². The molecule has 0 spiro atoms. The molecular weight excluding hydrogens is 216 g/mol. The first-order chi connectivity index (χ1) is 8.33. The van der Waals surface area contributed by atoms with Gasteiger partial charge in [0.1, 0.15) is 5.76 Å². The average Bonchev–Trinajstić information content (AvgIpc) is 3.00. The summed E-state index contributed by atoms with van der Waals surface area (Å²) in [6, 6.07) is 0. The summed E-state index contributed by atoms with van der Waals surface area (Å²) in [5.41, 5.74) is 1.13. The van der Waals surface area contributed by atoms with Crippen molar-refractivity contribution in [1.82, 2.24) is 10.3 Å². The topological polar surface area (TPSA) is 47.3 Å². The number of rotatable bonds is 3. The van der Waals surface area contributed by atoms with Gasteiger partial charge in [0.15, 0.2) is 5.89 Å². The standard InChI is InChI=1S/C13H20N2O2/c1-9-13(11-3-5-16-8-11)15-12(17-9)6-10-2-4-14-7-10/h10-11,14H,2-8H2,1H3. The molecule has 0 amide bonds. The van der Waals surface area contributed by atoms with E-state index in [1.165, 1.54) is 6.42 Å². The maximum absolute atomic E-state index is 5.79. The largest absolute Gasteiger partial charge is 0.446 e. The lowest BCUT2D eigenvalue weighted by atomic mass is 10.0. The Bertz CT molecular complexity index is 377. The fourth-order valence-corrected chi connectivity index (χ4v) is 2.82. The van der Waals surface area contributed by atoms with Crippen molar-refractivity contribution in [2.45, 2.75) is 32.1 Å². The third-order valence-electron chi connectivity index (χ3n) is 3.82. The minimum atomic E-state index is 0.453. The highest BCUT2D eigenvalue weighted by Gasteiger charge is 2.25. The zero-order valence-electron chi connectivity index (χ0n) is 10.4. The predicted octanol–water partition coefficient (Wildman–Crippen LogP) is 1.64. The molecule has 3 rings (SSSR count). The second-order valence-corrected chi connectivity index (χ2v) is 5.17. The van der Waals surface area contributed by atoms with Crippen molar-refractivity contribution in [2.75, 3.05) is 26.3 Å². The van der Waals surface area contributed by atoms with Crippen LogP contribution in [0.1, 0.15) is 36.1 Å². The SMILES string of the molecule is Cc1oc(CC2CCNC2)nc1C1CCOC1. The van der Waals surface area contributed by atoms with Crippen molar-refractivity contribution in [3.63, 3.8) is 0 Å². The Balaban J connectivity index is 1.70. The molecule has 2 fully saturated rings. The molecule has 0 saturated carbocycles. The Morgan fingerprint density at radius 3 is 3.06 bits per heavy atom. The first kappa shape index (κ1) is 11.2. The monoisotopic (exact) mass is 236 g/mol. The van der Waals surface area contributed by atoms with E-state index in [9.17, 15) is 0 Å². The molecule has 1 aromatic rings. The summed E-state index contributed by atoms with van der Waals surface area (Å²) in [7, 11) is 0. The molecule has 2 atom stereocenters. The smallest absolute Gasteiger partial charge is 0.194 e. The second-order valence-electron chi connectivity index (χ2n) is 5.17. The highest BCUT2D eigenvalue weighted by atomic mass is 16.5. The van der Waals surface area contributed by atoms with Crippen molar-refractivity contribution < 1.29 is 9.15 Å². The molecule has 2 saturated heterocycles. The van der Waals surface area contributed by atoms with Crippen LogP contribution in [0.5, 0.6) is 0 Å². The van der Waals surface area contributed by atoms with Gasteiger partial charge in [-0.05, 0) is 38.8 Å². The minimum Gasteiger partial charge on any atom is -0.446 e. The van der Waals surface area contributed by atoms with Crippen LogP contribution in [-0.2, 0) is 11.2 Å². The van der Waals surface area contributed by atoms with Crippen molar-refractivity contribution >= 4 is 0 Å². The molecule has 94 valence electrons. The van der Waals surface area contributed by atoms with Gasteiger partial charge >= 0.3 is 0 Å². The van der Waals surface area contributed by atoms with Crippen molar-refractivity contribution in [2.24, 2.45) is 5.92 Å². The Morgan fingerprint density at radius 2 is 2.35 bits per heavy atom. The van der Waals surface area contributed by atoms with Gasteiger partial charge in [0, 0.05) is 18.9 Å². The van der Waals surface area contributed by atoms with Gasteiger partial charge in [0.05, 0.1) is 12.3 Å². The van der Waals surface area contributed by atoms with Crippen LogP contribution in [0.15, 0.2) is 4.42 Å². The van der Waals surface area contributed by atoms with Crippen molar-refractivity contribution in [3.05, 3.63) is 17.3 Å². The fraction of sp³-hybridized carbons (Fsp3) is 0.769. The van der Waals surface area contributed by atoms with Gasteiger partial charge in [-0.15, -0.1) is 0 Å². The lowest BCUT2D eigenvalue weighted by molar-refractivity contribution is 0.193. The highest BCUT2D eigenvalue weighted by Crippen LogP contribution is 2.28. The molecule has 0 bridgehead atoms. The van der Waals surface area contributed by atoms with Crippen molar-refractivity contribution in [1.29, 1.82) is 0 Å². The number of nitrogens with one attached hydrogen (secondary N) is 1. The van der Waals surface area contributed by atoms with E-state index >= 15 is 0 Å². The van der Waals surface area contributed by atoms with Crippen LogP contribution in [0, 0.1) is 12.8 Å². The normalized spacial score (nSPS) is 29.0. The number of aromatic nitrogens is 1. The molecule has 1 aromatic heterocycles. The van der Waals surface area contributed by atoms with E-state index in [0.717, 1.165) is 56.5 Å². The zero-order valence-corrected chi connectivity index (χ0v) is 10.4. The molecule has 4 nitrogen and oxygen atoms in total. The Hall–Kier alpha value is -0.870. The molecule has 3 heterocycles. The molecule has 17 heavy (non-hydrogen) atoms. The highest BCUT2D eigenvalue weighted by molar-refractivity contribution is 5.15. The van der Waals surface area contributed by atoms with Crippen molar-refractivity contribution in [3.8, 4) is 0 Å². The summed E-state index contributed by atoms with van der Waals surface area (Å²) in [6.45, 7) is 5.92. The number of hydrogen-bond donors (Lipinski definition) is 1. The van der Waals surface area contributed by atoms with Gasteiger partial charge in [0.2, 0.25) is 0 Å². The molecule has 2 unspecified atom stereocenters. The van der Waals surface area contributed by atoms with Gasteiger partial charge in [-0.2, -0.15) is 0 Å². The average molecular weight is 236 g/mol. The minimum absolute atomic E-state index is 0.453. The molecule has 0 radical (unpaired) electrons. The van der Waals surface area contributed by atoms with Gasteiger partial charge in [-0.3, -0.25) is 0 Å². The van der Waals surface area contributed by atoms with E-state index in [1.54, 1.807) is 0 Å². The summed E-state index contributed by atoms with van der Waals surface area (Å²) < 4.78 is 11.2. The maximum atomic E-state index is 5.79. The number of hydrogen-bond acceptors (Lipinski definition) is 4. The molecule has 2 aliphatic rings. The lowest BCUT2D eigenvalue weighted by Crippen LogP contribution is -2.11. The summed E-state index contributed by atoms with van der Waals surface area (Å²) >= 11 is 0. The van der Waals surface area contributed by atoms with Crippen LogP contribution in [0.3, 0.4) is 0 Å². The molecule has 0 aliphatic carbocycles. The number of ether oxygens (including phenoxy) is 1. The summed E-state index contributed by atoms with van der Waals surface area (Å²) in [5, 5.41) is 3.38. The van der Waals surface area contributed by atoms with E-state index < -0.39 is 0 Å². The van der Waals surface area contributed by atoms with E-state index in [-0.39, 0.29) is 0 Å². The van der Waals surface area contributed by atoms with Gasteiger partial charge in [-0.1, -0.05) is 0 Å². The number of aryl methyl sites for hydroxylation is 1. The van der Waals surface area contributed by atoms with E-state index in [1.807, 2.05) is 6.92 Å². The molecule has 4 heteroatoms. The third kappa shape index (κ3) is 2.38. The molecule has 1 N–H and O–H groups in total. The quantitative estimate of drug-likeness (QED) is 0.866. The first-order valence-corrected chi connectivity index (χ1v) is 6.57. The van der Waals surface area contributed by atoms with E-state index in [2.05, 4.69) is 10.3 Å². The molecular formula is C13H20N2O2. The zero-order chi connectivity index (χ0) is 11.7. The van der Waals surface area contributed by atoms with Gasteiger partial charge in [-0.25, -0.2) is 4.98 Å². The van der Waals surface area contributed by atoms with Crippen LogP contribution in [0.25, 0.3) is 0 Å². The van der Waals surface area contributed by atoms with Crippen LogP contribution in [-0.4, -0.2) is 31.3 Å². The van der Waals surface area contributed by atoms with Crippen LogP contribution in [0.2, 0.25) is 0 Å². The Morgan fingerprint density at radius 1 is 1.41 bits per heavy atom. The van der Waals surface area contributed by atoms with Crippen LogP contribution >= 0.6 is 0 Å². The number of nitrogens with zero attached hydrogens (tertiary/aromatic N) is 1. The van der Waals surface area contributed by atoms with Crippen LogP contribution < -0.4 is 5.32 Å².